The minimum atomic E-state index is -0.698. The standard InChI is InChI=1S/C15H25NO4/c1-14(2,3)20-13(19)16-11-7-8-15(9-11,12(17)18)10-5-4-6-10/h10-11H,4-9H2,1-3H3,(H,16,19)(H,17,18)/t11-,15+/m1/s1. The molecule has 5 nitrogen and oxygen atoms in total. The van der Waals surface area contributed by atoms with Gasteiger partial charge in [0, 0.05) is 6.04 Å². The van der Waals surface area contributed by atoms with Gasteiger partial charge in [0.1, 0.15) is 5.60 Å². The third-order valence-electron chi connectivity index (χ3n) is 4.58. The number of carbonyl (C=O) groups is 2. The lowest BCUT2D eigenvalue weighted by atomic mass is 9.64. The molecule has 114 valence electrons. The molecule has 0 unspecified atom stereocenters. The lowest BCUT2D eigenvalue weighted by Crippen LogP contribution is -2.43. The molecule has 0 spiro atoms. The van der Waals surface area contributed by atoms with Crippen molar-refractivity contribution in [1.82, 2.24) is 5.32 Å². The van der Waals surface area contributed by atoms with Crippen LogP contribution in [0, 0.1) is 11.3 Å². The molecule has 20 heavy (non-hydrogen) atoms. The molecule has 2 aliphatic rings. The summed E-state index contributed by atoms with van der Waals surface area (Å²) in [6, 6.07) is -0.0819. The molecule has 0 radical (unpaired) electrons. The van der Waals surface area contributed by atoms with Crippen LogP contribution in [0.4, 0.5) is 4.79 Å². The van der Waals surface area contributed by atoms with Crippen molar-refractivity contribution in [3.05, 3.63) is 0 Å². The number of amides is 1. The van der Waals surface area contributed by atoms with Crippen molar-refractivity contribution < 1.29 is 19.4 Å². The third-order valence-corrected chi connectivity index (χ3v) is 4.58. The number of alkyl carbamates (subject to hydrolysis) is 1. The summed E-state index contributed by atoms with van der Waals surface area (Å²) in [4.78, 5) is 23.4. The lowest BCUT2D eigenvalue weighted by molar-refractivity contribution is -0.154. The quantitative estimate of drug-likeness (QED) is 0.835. The summed E-state index contributed by atoms with van der Waals surface area (Å²) in [5.41, 5.74) is -1.15. The summed E-state index contributed by atoms with van der Waals surface area (Å²) in [5, 5.41) is 12.4. The summed E-state index contributed by atoms with van der Waals surface area (Å²) in [7, 11) is 0. The number of rotatable bonds is 3. The highest BCUT2D eigenvalue weighted by molar-refractivity contribution is 5.76. The first-order valence-electron chi connectivity index (χ1n) is 7.46. The van der Waals surface area contributed by atoms with Crippen molar-refractivity contribution in [3.8, 4) is 0 Å². The second-order valence-corrected chi connectivity index (χ2v) is 7.18. The van der Waals surface area contributed by atoms with E-state index in [2.05, 4.69) is 5.32 Å². The van der Waals surface area contributed by atoms with Crippen LogP contribution in [0.1, 0.15) is 59.3 Å². The normalized spacial score (nSPS) is 30.6. The molecule has 2 N–H and O–H groups in total. The highest BCUT2D eigenvalue weighted by Crippen LogP contribution is 2.52. The fourth-order valence-corrected chi connectivity index (χ4v) is 3.37. The first-order chi connectivity index (χ1) is 9.23. The Morgan fingerprint density at radius 3 is 2.35 bits per heavy atom. The smallest absolute Gasteiger partial charge is 0.407 e. The number of carbonyl (C=O) groups excluding carboxylic acids is 1. The summed E-state index contributed by atoms with van der Waals surface area (Å²) in [5.74, 6) is -0.416. The predicted molar refractivity (Wildman–Crippen MR) is 74.4 cm³/mol. The number of aliphatic carboxylic acids is 1. The van der Waals surface area contributed by atoms with Crippen LogP contribution in [-0.4, -0.2) is 28.8 Å². The second-order valence-electron chi connectivity index (χ2n) is 7.18. The minimum absolute atomic E-state index is 0.0819. The Balaban J connectivity index is 1.93. The highest BCUT2D eigenvalue weighted by Gasteiger charge is 2.52. The first-order valence-corrected chi connectivity index (χ1v) is 7.46. The van der Waals surface area contributed by atoms with Crippen LogP contribution >= 0.6 is 0 Å². The van der Waals surface area contributed by atoms with Gasteiger partial charge in [0.15, 0.2) is 0 Å². The molecule has 5 heteroatoms. The molecule has 2 fully saturated rings. The molecule has 0 heterocycles. The number of hydrogen-bond donors (Lipinski definition) is 2. The number of hydrogen-bond acceptors (Lipinski definition) is 3. The molecule has 2 aliphatic carbocycles. The van der Waals surface area contributed by atoms with Crippen LogP contribution in [0.5, 0.6) is 0 Å². The molecule has 0 aromatic rings. The Bertz CT molecular complexity index is 397. The minimum Gasteiger partial charge on any atom is -0.481 e. The van der Waals surface area contributed by atoms with E-state index in [1.165, 1.54) is 0 Å². The van der Waals surface area contributed by atoms with Gasteiger partial charge in [0.05, 0.1) is 5.41 Å². The zero-order valence-corrected chi connectivity index (χ0v) is 12.6. The van der Waals surface area contributed by atoms with E-state index in [0.717, 1.165) is 25.7 Å². The average Bonchev–Trinajstić information content (AvgIpc) is 2.57. The van der Waals surface area contributed by atoms with Crippen molar-refractivity contribution in [3.63, 3.8) is 0 Å². The molecular formula is C15H25NO4. The molecule has 0 aromatic carbocycles. The van der Waals surface area contributed by atoms with Gasteiger partial charge in [-0.1, -0.05) is 6.42 Å². The summed E-state index contributed by atoms with van der Waals surface area (Å²) < 4.78 is 5.23. The van der Waals surface area contributed by atoms with Gasteiger partial charge in [-0.3, -0.25) is 4.79 Å². The largest absolute Gasteiger partial charge is 0.481 e. The zero-order chi connectivity index (χ0) is 15.0. The van der Waals surface area contributed by atoms with E-state index in [1.54, 1.807) is 0 Å². The summed E-state index contributed by atoms with van der Waals surface area (Å²) >= 11 is 0. The Kier molecular flexibility index (Phi) is 3.98. The third kappa shape index (κ3) is 3.07. The van der Waals surface area contributed by atoms with Gasteiger partial charge in [-0.15, -0.1) is 0 Å². The van der Waals surface area contributed by atoms with Crippen molar-refractivity contribution in [2.45, 2.75) is 70.9 Å². The predicted octanol–water partition coefficient (Wildman–Crippen LogP) is 2.93. The highest BCUT2D eigenvalue weighted by atomic mass is 16.6. The average molecular weight is 283 g/mol. The molecular weight excluding hydrogens is 258 g/mol. The van der Waals surface area contributed by atoms with Crippen molar-refractivity contribution in [2.75, 3.05) is 0 Å². The molecule has 0 aromatic heterocycles. The fraction of sp³-hybridized carbons (Fsp3) is 0.867. The van der Waals surface area contributed by atoms with Gasteiger partial charge >= 0.3 is 12.1 Å². The monoisotopic (exact) mass is 283 g/mol. The Labute approximate surface area is 120 Å². The van der Waals surface area contributed by atoms with E-state index in [-0.39, 0.29) is 12.0 Å². The Morgan fingerprint density at radius 2 is 1.90 bits per heavy atom. The van der Waals surface area contributed by atoms with Gasteiger partial charge in [-0.05, 0) is 58.8 Å². The van der Waals surface area contributed by atoms with Gasteiger partial charge in [0.2, 0.25) is 0 Å². The molecule has 0 bridgehead atoms. The van der Waals surface area contributed by atoms with Crippen LogP contribution in [0.3, 0.4) is 0 Å². The molecule has 2 atom stereocenters. The number of nitrogens with one attached hydrogen (secondary N) is 1. The summed E-state index contributed by atoms with van der Waals surface area (Å²) in [6.07, 6.45) is 4.61. The second kappa shape index (κ2) is 5.26. The van der Waals surface area contributed by atoms with E-state index < -0.39 is 23.1 Å². The molecule has 2 saturated carbocycles. The maximum absolute atomic E-state index is 11.8. The van der Waals surface area contributed by atoms with Crippen LogP contribution < -0.4 is 5.32 Å². The molecule has 1 amide bonds. The van der Waals surface area contributed by atoms with Crippen LogP contribution in [0.2, 0.25) is 0 Å². The van der Waals surface area contributed by atoms with Gasteiger partial charge in [-0.2, -0.15) is 0 Å². The van der Waals surface area contributed by atoms with Crippen LogP contribution in [0.25, 0.3) is 0 Å². The molecule has 2 rings (SSSR count). The van der Waals surface area contributed by atoms with Gasteiger partial charge in [0.25, 0.3) is 0 Å². The van der Waals surface area contributed by atoms with Gasteiger partial charge < -0.3 is 15.2 Å². The lowest BCUT2D eigenvalue weighted by Gasteiger charge is -2.39. The molecule has 0 saturated heterocycles. The van der Waals surface area contributed by atoms with Crippen molar-refractivity contribution >= 4 is 12.1 Å². The van der Waals surface area contributed by atoms with Crippen LogP contribution in [-0.2, 0) is 9.53 Å². The van der Waals surface area contributed by atoms with E-state index in [4.69, 9.17) is 4.74 Å². The number of carboxylic acids is 1. The first kappa shape index (κ1) is 15.1. The summed E-state index contributed by atoms with van der Waals surface area (Å²) in [6.45, 7) is 5.45. The maximum Gasteiger partial charge on any atom is 0.407 e. The van der Waals surface area contributed by atoms with E-state index in [1.807, 2.05) is 20.8 Å². The number of carboxylic acid groups (broad SMARTS) is 1. The maximum atomic E-state index is 11.8. The van der Waals surface area contributed by atoms with E-state index >= 15 is 0 Å². The van der Waals surface area contributed by atoms with E-state index in [0.29, 0.717) is 12.8 Å². The SMILES string of the molecule is CC(C)(C)OC(=O)N[C@@H]1CC[C@@](C(=O)O)(C2CCC2)C1. The van der Waals surface area contributed by atoms with Crippen molar-refractivity contribution in [1.29, 1.82) is 0 Å². The zero-order valence-electron chi connectivity index (χ0n) is 12.6. The Hall–Kier alpha value is -1.26. The van der Waals surface area contributed by atoms with Crippen LogP contribution in [0.15, 0.2) is 0 Å². The topological polar surface area (TPSA) is 75.6 Å². The number of ether oxygens (including phenoxy) is 1. The Morgan fingerprint density at radius 1 is 1.25 bits per heavy atom. The molecule has 0 aliphatic heterocycles. The van der Waals surface area contributed by atoms with Crippen molar-refractivity contribution in [2.24, 2.45) is 11.3 Å². The van der Waals surface area contributed by atoms with Gasteiger partial charge in [-0.25, -0.2) is 4.79 Å². The van der Waals surface area contributed by atoms with E-state index in [9.17, 15) is 14.7 Å². The fourth-order valence-electron chi connectivity index (χ4n) is 3.37.